The van der Waals surface area contributed by atoms with E-state index in [0.29, 0.717) is 17.4 Å². The summed E-state index contributed by atoms with van der Waals surface area (Å²) in [6.45, 7) is 4.53. The molecule has 1 saturated carbocycles. The first-order valence-corrected chi connectivity index (χ1v) is 12.4. The maximum Gasteiger partial charge on any atom is 0.573 e. The van der Waals surface area contributed by atoms with Crippen molar-refractivity contribution >= 4 is 0 Å². The summed E-state index contributed by atoms with van der Waals surface area (Å²) in [5.41, 5.74) is 1.74. The number of hydrogen-bond acceptors (Lipinski definition) is 1. The zero-order valence-corrected chi connectivity index (χ0v) is 20.1. The number of rotatable bonds is 8. The minimum Gasteiger partial charge on any atom is -0.406 e. The molecule has 184 valence electrons. The van der Waals surface area contributed by atoms with Crippen LogP contribution in [0.15, 0.2) is 42.5 Å². The summed E-state index contributed by atoms with van der Waals surface area (Å²) in [6.07, 6.45) is 6.66. The number of unbranched alkanes of at least 4 members (excludes halogenated alkanes) is 2. The quantitative estimate of drug-likeness (QED) is 0.211. The van der Waals surface area contributed by atoms with Gasteiger partial charge in [0.1, 0.15) is 11.6 Å². The van der Waals surface area contributed by atoms with E-state index in [0.717, 1.165) is 17.9 Å². The average molecular weight is 475 g/mol. The monoisotopic (exact) mass is 474 g/mol. The van der Waals surface area contributed by atoms with Gasteiger partial charge in [0.25, 0.3) is 0 Å². The molecule has 1 aliphatic carbocycles. The third-order valence-electron chi connectivity index (χ3n) is 6.93. The molecule has 34 heavy (non-hydrogen) atoms. The Morgan fingerprint density at radius 1 is 0.971 bits per heavy atom. The van der Waals surface area contributed by atoms with Crippen LogP contribution in [0, 0.1) is 35.4 Å². The lowest BCUT2D eigenvalue weighted by Crippen LogP contribution is -2.21. The van der Waals surface area contributed by atoms with Crippen LogP contribution in [0.2, 0.25) is 0 Å². The first kappa shape index (κ1) is 26.1. The Hall–Kier alpha value is -2.48. The highest BCUT2D eigenvalue weighted by Crippen LogP contribution is 2.37. The lowest BCUT2D eigenvalue weighted by molar-refractivity contribution is -0.274. The molecular weight excluding hydrogens is 440 g/mol. The molecule has 1 aliphatic rings. The van der Waals surface area contributed by atoms with Gasteiger partial charge in [-0.1, -0.05) is 70.3 Å². The largest absolute Gasteiger partial charge is 0.573 e. The number of halogens is 4. The molecule has 2 aromatic carbocycles. The van der Waals surface area contributed by atoms with Crippen molar-refractivity contribution in [1.82, 2.24) is 0 Å². The maximum absolute atomic E-state index is 14.6. The van der Waals surface area contributed by atoms with Gasteiger partial charge in [-0.15, -0.1) is 13.2 Å². The van der Waals surface area contributed by atoms with Crippen LogP contribution in [0.25, 0.3) is 0 Å². The Labute approximate surface area is 200 Å². The second-order valence-corrected chi connectivity index (χ2v) is 9.59. The van der Waals surface area contributed by atoms with Crippen LogP contribution in [0.4, 0.5) is 17.6 Å². The number of benzene rings is 2. The smallest absolute Gasteiger partial charge is 0.406 e. The molecule has 0 aliphatic heterocycles. The van der Waals surface area contributed by atoms with Gasteiger partial charge in [0.15, 0.2) is 0 Å². The first-order chi connectivity index (χ1) is 16.2. The highest BCUT2D eigenvalue weighted by Gasteiger charge is 2.31. The Morgan fingerprint density at radius 2 is 1.68 bits per heavy atom. The van der Waals surface area contributed by atoms with Crippen molar-refractivity contribution in [2.24, 2.45) is 17.8 Å². The van der Waals surface area contributed by atoms with E-state index in [1.807, 2.05) is 6.07 Å². The number of hydrogen-bond donors (Lipinski definition) is 0. The van der Waals surface area contributed by atoms with Crippen molar-refractivity contribution in [3.63, 3.8) is 0 Å². The fraction of sp³-hybridized carbons (Fsp3) is 0.517. The van der Waals surface area contributed by atoms with Crippen LogP contribution in [0.5, 0.6) is 5.75 Å². The molecule has 0 N–H and O–H groups in total. The summed E-state index contributed by atoms with van der Waals surface area (Å²) in [5, 5.41) is 0. The van der Waals surface area contributed by atoms with Crippen molar-refractivity contribution in [3.8, 4) is 17.6 Å². The third-order valence-corrected chi connectivity index (χ3v) is 6.93. The Morgan fingerprint density at radius 3 is 2.29 bits per heavy atom. The van der Waals surface area contributed by atoms with Gasteiger partial charge in [0.2, 0.25) is 0 Å². The number of alkyl halides is 3. The summed E-state index contributed by atoms with van der Waals surface area (Å²) in [7, 11) is 0. The molecule has 1 atom stereocenters. The summed E-state index contributed by atoms with van der Waals surface area (Å²) in [5.74, 6) is 7.01. The molecule has 1 fully saturated rings. The Balaban J connectivity index is 1.53. The molecule has 1 nitrogen and oxygen atoms in total. The van der Waals surface area contributed by atoms with Gasteiger partial charge < -0.3 is 4.74 Å². The van der Waals surface area contributed by atoms with E-state index < -0.39 is 6.36 Å². The van der Waals surface area contributed by atoms with Crippen molar-refractivity contribution in [2.45, 2.75) is 78.0 Å². The van der Waals surface area contributed by atoms with Crippen LogP contribution in [0.3, 0.4) is 0 Å². The van der Waals surface area contributed by atoms with Crippen LogP contribution in [-0.4, -0.2) is 6.36 Å². The zero-order chi connectivity index (χ0) is 24.6. The van der Waals surface area contributed by atoms with E-state index in [1.54, 1.807) is 12.1 Å². The van der Waals surface area contributed by atoms with E-state index in [2.05, 4.69) is 30.4 Å². The molecule has 0 radical (unpaired) electrons. The van der Waals surface area contributed by atoms with Crippen LogP contribution in [0.1, 0.15) is 81.9 Å². The van der Waals surface area contributed by atoms with Gasteiger partial charge in [0, 0.05) is 5.56 Å². The fourth-order valence-corrected chi connectivity index (χ4v) is 4.93. The molecule has 2 aromatic rings. The molecular formula is C29H34F4O. The summed E-state index contributed by atoms with van der Waals surface area (Å²) in [6, 6.07) is 10.4. The molecule has 5 heteroatoms. The Bertz CT molecular complexity index is 960. The predicted octanol–water partition coefficient (Wildman–Crippen LogP) is 8.69. The van der Waals surface area contributed by atoms with E-state index in [1.165, 1.54) is 75.6 Å². The van der Waals surface area contributed by atoms with E-state index in [9.17, 15) is 17.6 Å². The third kappa shape index (κ3) is 8.38. The predicted molar refractivity (Wildman–Crippen MR) is 128 cm³/mol. The minimum atomic E-state index is -4.73. The van der Waals surface area contributed by atoms with Gasteiger partial charge in [0.05, 0.1) is 5.56 Å². The second kappa shape index (κ2) is 12.3. The zero-order valence-electron chi connectivity index (χ0n) is 20.1. The summed E-state index contributed by atoms with van der Waals surface area (Å²) >= 11 is 0. The van der Waals surface area contributed by atoms with Gasteiger partial charge in [-0.05, 0) is 79.0 Å². The molecule has 0 amide bonds. The van der Waals surface area contributed by atoms with Crippen LogP contribution in [-0.2, 0) is 6.42 Å². The van der Waals surface area contributed by atoms with Gasteiger partial charge in [-0.25, -0.2) is 4.39 Å². The van der Waals surface area contributed by atoms with Crippen molar-refractivity contribution < 1.29 is 22.3 Å². The first-order valence-electron chi connectivity index (χ1n) is 12.4. The molecule has 0 spiro atoms. The minimum absolute atomic E-state index is 0.277. The van der Waals surface area contributed by atoms with E-state index in [4.69, 9.17) is 0 Å². The molecule has 3 rings (SSSR count). The SMILES string of the molecule is CCCCCC1CCC(C(C)Cc2ccc(C#Cc3ccc(OC(F)(F)F)cc3)c(F)c2)CC1. The van der Waals surface area contributed by atoms with E-state index >= 15 is 0 Å². The maximum atomic E-state index is 14.6. The normalized spacial score (nSPS) is 19.2. The van der Waals surface area contributed by atoms with Crippen LogP contribution >= 0.6 is 0 Å². The fourth-order valence-electron chi connectivity index (χ4n) is 4.93. The summed E-state index contributed by atoms with van der Waals surface area (Å²) < 4.78 is 55.2. The molecule has 0 bridgehead atoms. The molecule has 0 saturated heterocycles. The highest BCUT2D eigenvalue weighted by atomic mass is 19.4. The lowest BCUT2D eigenvalue weighted by atomic mass is 9.73. The van der Waals surface area contributed by atoms with E-state index in [-0.39, 0.29) is 17.1 Å². The average Bonchev–Trinajstić information content (AvgIpc) is 2.79. The van der Waals surface area contributed by atoms with Gasteiger partial charge in [-0.2, -0.15) is 0 Å². The standard InChI is InChI=1S/C29H34F4O/c1-3-4-5-6-22-7-13-25(14-8-22)21(2)19-24-10-16-26(28(30)20-24)15-9-23-11-17-27(18-12-23)34-29(31,32)33/h10-12,16-18,20-22,25H,3-8,13-14,19H2,1-2H3. The van der Waals surface area contributed by atoms with Crippen LogP contribution < -0.4 is 4.74 Å². The topological polar surface area (TPSA) is 9.23 Å². The molecule has 0 aromatic heterocycles. The lowest BCUT2D eigenvalue weighted by Gasteiger charge is -2.32. The summed E-state index contributed by atoms with van der Waals surface area (Å²) in [4.78, 5) is 0. The van der Waals surface area contributed by atoms with Crippen molar-refractivity contribution in [3.05, 3.63) is 65.0 Å². The van der Waals surface area contributed by atoms with Crippen molar-refractivity contribution in [2.75, 3.05) is 0 Å². The number of ether oxygens (including phenoxy) is 1. The second-order valence-electron chi connectivity index (χ2n) is 9.59. The van der Waals surface area contributed by atoms with Gasteiger partial charge >= 0.3 is 6.36 Å². The Kier molecular flexibility index (Phi) is 9.45. The molecule has 0 heterocycles. The highest BCUT2D eigenvalue weighted by molar-refractivity contribution is 5.45. The van der Waals surface area contributed by atoms with Crippen molar-refractivity contribution in [1.29, 1.82) is 0 Å². The van der Waals surface area contributed by atoms with Gasteiger partial charge in [-0.3, -0.25) is 0 Å². The molecule has 1 unspecified atom stereocenters.